The van der Waals surface area contributed by atoms with E-state index in [1.54, 1.807) is 19.1 Å². The largest absolute Gasteiger partial charge is 0.493 e. The lowest BCUT2D eigenvalue weighted by molar-refractivity contribution is 0.0203. The van der Waals surface area contributed by atoms with Gasteiger partial charge in [-0.3, -0.25) is 0 Å². The summed E-state index contributed by atoms with van der Waals surface area (Å²) in [6.45, 7) is 9.00. The van der Waals surface area contributed by atoms with Gasteiger partial charge in [-0.2, -0.15) is 0 Å². The molecule has 1 amide bonds. The highest BCUT2D eigenvalue weighted by atomic mass is 16.6. The number of hydrogen-bond donors (Lipinski definition) is 1. The van der Waals surface area contributed by atoms with Crippen LogP contribution in [0.2, 0.25) is 0 Å². The number of rotatable bonds is 4. The summed E-state index contributed by atoms with van der Waals surface area (Å²) in [6.07, 6.45) is 3.24. The van der Waals surface area contributed by atoms with Crippen LogP contribution in [0.1, 0.15) is 50.9 Å². The molecule has 4 rings (SSSR count). The minimum atomic E-state index is -0.487. The van der Waals surface area contributed by atoms with E-state index in [2.05, 4.69) is 16.9 Å². The number of carbonyl (C=O) groups excluding carboxylic acids is 1. The number of amides is 1. The number of nitrogens with zero attached hydrogens (tertiary/aromatic N) is 3. The smallest absolute Gasteiger partial charge is 0.410 e. The molecule has 8 nitrogen and oxygen atoms in total. The highest BCUT2D eigenvalue weighted by Crippen LogP contribution is 2.36. The van der Waals surface area contributed by atoms with Gasteiger partial charge in [-0.25, -0.2) is 14.8 Å². The molecule has 0 spiro atoms. The average molecular weight is 453 g/mol. The fourth-order valence-electron chi connectivity index (χ4n) is 4.24. The van der Waals surface area contributed by atoms with Gasteiger partial charge in [-0.15, -0.1) is 0 Å². The minimum Gasteiger partial charge on any atom is -0.493 e. The molecule has 1 aliphatic rings. The molecule has 1 aliphatic heterocycles. The summed E-state index contributed by atoms with van der Waals surface area (Å²) in [5.74, 6) is 2.41. The van der Waals surface area contributed by atoms with Crippen molar-refractivity contribution >= 4 is 17.1 Å². The minimum absolute atomic E-state index is 0.215. The second-order valence-electron chi connectivity index (χ2n) is 9.43. The summed E-state index contributed by atoms with van der Waals surface area (Å²) in [4.78, 5) is 27.1. The van der Waals surface area contributed by atoms with E-state index in [1.807, 2.05) is 45.2 Å². The number of aryl methyl sites for hydroxylation is 1. The van der Waals surface area contributed by atoms with E-state index >= 15 is 0 Å². The van der Waals surface area contributed by atoms with Gasteiger partial charge in [-0.1, -0.05) is 0 Å². The Morgan fingerprint density at radius 2 is 1.82 bits per heavy atom. The van der Waals surface area contributed by atoms with Crippen molar-refractivity contribution in [2.75, 3.05) is 27.3 Å². The molecule has 2 aromatic heterocycles. The predicted molar refractivity (Wildman–Crippen MR) is 127 cm³/mol. The first kappa shape index (κ1) is 22.9. The van der Waals surface area contributed by atoms with Crippen LogP contribution < -0.4 is 9.47 Å². The molecule has 0 bridgehead atoms. The first-order chi connectivity index (χ1) is 15.7. The number of aromatic amines is 1. The zero-order valence-electron chi connectivity index (χ0n) is 20.2. The Morgan fingerprint density at radius 1 is 1.12 bits per heavy atom. The molecule has 8 heteroatoms. The number of carbonyl (C=O) groups is 1. The average Bonchev–Trinajstić information content (AvgIpc) is 3.13. The zero-order chi connectivity index (χ0) is 23.8. The summed E-state index contributed by atoms with van der Waals surface area (Å²) < 4.78 is 16.3. The van der Waals surface area contributed by atoms with Gasteiger partial charge in [-0.05, 0) is 58.7 Å². The van der Waals surface area contributed by atoms with Crippen LogP contribution in [0.25, 0.3) is 22.3 Å². The number of benzene rings is 1. The van der Waals surface area contributed by atoms with Crippen molar-refractivity contribution in [2.45, 2.75) is 52.1 Å². The third-order valence-electron chi connectivity index (χ3n) is 5.98. The third kappa shape index (κ3) is 4.74. The summed E-state index contributed by atoms with van der Waals surface area (Å²) in [6, 6.07) is 5.85. The van der Waals surface area contributed by atoms with E-state index in [4.69, 9.17) is 19.2 Å². The number of ether oxygens (including phenoxy) is 3. The lowest BCUT2D eigenvalue weighted by Gasteiger charge is -2.32. The van der Waals surface area contributed by atoms with Crippen LogP contribution in [0.5, 0.6) is 11.5 Å². The Bertz CT molecular complexity index is 1160. The number of piperidine rings is 1. The maximum Gasteiger partial charge on any atom is 0.410 e. The number of methoxy groups -OCH3 is 2. The van der Waals surface area contributed by atoms with Crippen LogP contribution in [-0.2, 0) is 4.74 Å². The summed E-state index contributed by atoms with van der Waals surface area (Å²) in [5.41, 5.74) is 4.37. The lowest BCUT2D eigenvalue weighted by Crippen LogP contribution is -2.41. The number of nitrogens with one attached hydrogen (secondary N) is 1. The summed E-state index contributed by atoms with van der Waals surface area (Å²) in [7, 11) is 3.26. The number of aromatic nitrogens is 3. The van der Waals surface area contributed by atoms with E-state index in [9.17, 15) is 4.79 Å². The monoisotopic (exact) mass is 452 g/mol. The zero-order valence-corrected chi connectivity index (χ0v) is 20.2. The molecular formula is C25H32N4O4. The molecule has 0 saturated carbocycles. The van der Waals surface area contributed by atoms with Gasteiger partial charge in [0.2, 0.25) is 0 Å². The molecule has 0 aliphatic carbocycles. The molecule has 3 aromatic rings. The molecule has 33 heavy (non-hydrogen) atoms. The van der Waals surface area contributed by atoms with Gasteiger partial charge in [0.1, 0.15) is 11.4 Å². The van der Waals surface area contributed by atoms with E-state index in [0.717, 1.165) is 46.5 Å². The molecule has 176 valence electrons. The van der Waals surface area contributed by atoms with Gasteiger partial charge in [0.15, 0.2) is 11.5 Å². The molecule has 0 atom stereocenters. The van der Waals surface area contributed by atoms with E-state index in [-0.39, 0.29) is 12.0 Å². The van der Waals surface area contributed by atoms with Crippen molar-refractivity contribution < 1.29 is 19.0 Å². The van der Waals surface area contributed by atoms with Crippen molar-refractivity contribution in [3.05, 3.63) is 35.8 Å². The SMILES string of the molecule is COc1ccc(-c2[nH]c3cnc(C4CCN(C(=O)OC(C)(C)C)CC4)nc3c2C)cc1OC. The second kappa shape index (κ2) is 8.92. The topological polar surface area (TPSA) is 89.6 Å². The third-order valence-corrected chi connectivity index (χ3v) is 5.98. The van der Waals surface area contributed by atoms with Crippen LogP contribution in [0.4, 0.5) is 4.79 Å². The maximum absolute atomic E-state index is 12.4. The highest BCUT2D eigenvalue weighted by Gasteiger charge is 2.29. The molecule has 1 saturated heterocycles. The quantitative estimate of drug-likeness (QED) is 0.595. The van der Waals surface area contributed by atoms with Crippen molar-refractivity contribution in [3.63, 3.8) is 0 Å². The lowest BCUT2D eigenvalue weighted by atomic mass is 9.96. The summed E-state index contributed by atoms with van der Waals surface area (Å²) >= 11 is 0. The maximum atomic E-state index is 12.4. The number of fused-ring (bicyclic) bond motifs is 1. The van der Waals surface area contributed by atoms with Crippen molar-refractivity contribution in [3.8, 4) is 22.8 Å². The normalized spacial score (nSPS) is 15.0. The van der Waals surface area contributed by atoms with Crippen molar-refractivity contribution in [1.29, 1.82) is 0 Å². The fourth-order valence-corrected chi connectivity index (χ4v) is 4.24. The van der Waals surface area contributed by atoms with Gasteiger partial charge in [0, 0.05) is 30.1 Å². The van der Waals surface area contributed by atoms with Crippen molar-refractivity contribution in [2.24, 2.45) is 0 Å². The Kier molecular flexibility index (Phi) is 6.19. The van der Waals surface area contributed by atoms with Crippen LogP contribution in [0, 0.1) is 6.92 Å². The van der Waals surface area contributed by atoms with Gasteiger partial charge in [0.25, 0.3) is 0 Å². The van der Waals surface area contributed by atoms with Crippen LogP contribution in [0.15, 0.2) is 24.4 Å². The Morgan fingerprint density at radius 3 is 2.45 bits per heavy atom. The molecule has 0 radical (unpaired) electrons. The number of hydrogen-bond acceptors (Lipinski definition) is 6. The number of H-pyrrole nitrogens is 1. The Labute approximate surface area is 194 Å². The van der Waals surface area contributed by atoms with E-state index in [1.165, 1.54) is 0 Å². The van der Waals surface area contributed by atoms with Gasteiger partial charge in [0.05, 0.1) is 37.1 Å². The molecule has 1 aromatic carbocycles. The standard InChI is InChI=1S/C25H32N4O4/c1-15-21(17-7-8-19(31-5)20(13-17)32-6)27-18-14-26-23(28-22(15)18)16-9-11-29(12-10-16)24(30)33-25(2,3)4/h7-8,13-14,16,27H,9-12H2,1-6H3. The molecule has 3 heterocycles. The van der Waals surface area contributed by atoms with Gasteiger partial charge < -0.3 is 24.1 Å². The van der Waals surface area contributed by atoms with Crippen molar-refractivity contribution in [1.82, 2.24) is 19.9 Å². The highest BCUT2D eigenvalue weighted by molar-refractivity contribution is 5.87. The Hall–Kier alpha value is -3.29. The van der Waals surface area contributed by atoms with Crippen LogP contribution in [0.3, 0.4) is 0 Å². The molecule has 1 fully saturated rings. The first-order valence-electron chi connectivity index (χ1n) is 11.3. The van der Waals surface area contributed by atoms with Crippen LogP contribution in [-0.4, -0.2) is 58.9 Å². The first-order valence-corrected chi connectivity index (χ1v) is 11.3. The van der Waals surface area contributed by atoms with Gasteiger partial charge >= 0.3 is 6.09 Å². The number of likely N-dealkylation sites (tertiary alicyclic amines) is 1. The molecule has 1 N–H and O–H groups in total. The molecule has 0 unspecified atom stereocenters. The second-order valence-corrected chi connectivity index (χ2v) is 9.43. The summed E-state index contributed by atoms with van der Waals surface area (Å²) in [5, 5.41) is 0. The fraction of sp³-hybridized carbons (Fsp3) is 0.480. The van der Waals surface area contributed by atoms with E-state index in [0.29, 0.717) is 24.6 Å². The molecular weight excluding hydrogens is 420 g/mol. The van der Waals surface area contributed by atoms with Crippen LogP contribution >= 0.6 is 0 Å². The predicted octanol–water partition coefficient (Wildman–Crippen LogP) is 5.07. The Balaban J connectivity index is 1.54. The van der Waals surface area contributed by atoms with E-state index < -0.39 is 5.60 Å².